The van der Waals surface area contributed by atoms with E-state index in [1.165, 1.54) is 12.4 Å². The number of benzene rings is 1. The summed E-state index contributed by atoms with van der Waals surface area (Å²) in [5.74, 6) is 0.405. The molecule has 1 amide bonds. The Morgan fingerprint density at radius 3 is 2.83 bits per heavy atom. The molecule has 0 radical (unpaired) electrons. The van der Waals surface area contributed by atoms with E-state index < -0.39 is 12.0 Å². The van der Waals surface area contributed by atoms with Crippen molar-refractivity contribution in [2.45, 2.75) is 32.5 Å². The van der Waals surface area contributed by atoms with Crippen LogP contribution in [0, 0.1) is 12.7 Å². The molecule has 6 rings (SSSR count). The minimum absolute atomic E-state index is 0.0188. The average molecular weight is 491 g/mol. The minimum atomic E-state index is -1.15. The zero-order chi connectivity index (χ0) is 25.0. The number of carbonyl (C=O) groups excluding carboxylic acids is 1. The van der Waals surface area contributed by atoms with E-state index in [9.17, 15) is 9.18 Å². The Morgan fingerprint density at radius 2 is 1.97 bits per heavy atom. The molecule has 0 aliphatic carbocycles. The van der Waals surface area contributed by atoms with Crippen molar-refractivity contribution in [3.8, 4) is 11.1 Å². The number of nitrogen functional groups attached to an aromatic ring is 1. The highest BCUT2D eigenvalue weighted by Crippen LogP contribution is 2.40. The van der Waals surface area contributed by atoms with E-state index in [0.717, 1.165) is 11.3 Å². The fourth-order valence-electron chi connectivity index (χ4n) is 4.88. The number of nitrogens with one attached hydrogen (secondary N) is 3. The largest absolute Gasteiger partial charge is 0.396 e. The Balaban J connectivity index is 1.39. The molecule has 4 aromatic rings. The van der Waals surface area contributed by atoms with Crippen LogP contribution < -0.4 is 21.7 Å². The van der Waals surface area contributed by atoms with Gasteiger partial charge in [0.05, 0.1) is 17.1 Å². The van der Waals surface area contributed by atoms with Crippen molar-refractivity contribution < 1.29 is 13.6 Å². The number of carbonyl (C=O) groups is 1. The Bertz CT molecular complexity index is 1530. The standard InChI is InChI=1S/C25H24F2N8O/c1-12-16(9-32-25-18(26)3-5-30-24(12)25)15-6-13-7-19(31-10-17(13)23(28)22(15)27)33-20-8-14-2-4-29-21(36)11-35(14)34-20/h6-10,18,30H,2-5,11,28H2,1H3,(H,29,36)(H,31,33,34). The van der Waals surface area contributed by atoms with Gasteiger partial charge in [-0.3, -0.25) is 14.5 Å². The van der Waals surface area contributed by atoms with Gasteiger partial charge in [-0.2, -0.15) is 5.10 Å². The molecule has 0 saturated carbocycles. The fourth-order valence-corrected chi connectivity index (χ4v) is 4.88. The van der Waals surface area contributed by atoms with E-state index in [0.29, 0.717) is 65.3 Å². The van der Waals surface area contributed by atoms with Crippen molar-refractivity contribution >= 4 is 39.7 Å². The van der Waals surface area contributed by atoms with Crippen LogP contribution in [0.4, 0.5) is 31.8 Å². The third kappa shape index (κ3) is 3.67. The maximum Gasteiger partial charge on any atom is 0.241 e. The number of hydrogen-bond donors (Lipinski definition) is 4. The van der Waals surface area contributed by atoms with Gasteiger partial charge in [0.15, 0.2) is 11.6 Å². The molecule has 9 nitrogen and oxygen atoms in total. The molecule has 1 unspecified atom stereocenters. The fraction of sp³-hybridized carbons (Fsp3) is 0.280. The van der Waals surface area contributed by atoms with Gasteiger partial charge in [-0.25, -0.2) is 13.8 Å². The summed E-state index contributed by atoms with van der Waals surface area (Å²) in [7, 11) is 0. The predicted molar refractivity (Wildman–Crippen MR) is 133 cm³/mol. The number of alkyl halides is 1. The van der Waals surface area contributed by atoms with Crippen LogP contribution in [0.5, 0.6) is 0 Å². The summed E-state index contributed by atoms with van der Waals surface area (Å²) < 4.78 is 31.4. The van der Waals surface area contributed by atoms with Crippen LogP contribution in [0.3, 0.4) is 0 Å². The summed E-state index contributed by atoms with van der Waals surface area (Å²) in [5.41, 5.74) is 9.60. The zero-order valence-corrected chi connectivity index (χ0v) is 19.5. The van der Waals surface area contributed by atoms with Gasteiger partial charge in [0.25, 0.3) is 0 Å². The molecule has 0 bridgehead atoms. The number of anilines is 4. The Kier molecular flexibility index (Phi) is 5.20. The lowest BCUT2D eigenvalue weighted by Gasteiger charge is -2.24. The molecule has 0 spiro atoms. The molecule has 5 heterocycles. The molecule has 3 aromatic heterocycles. The third-order valence-electron chi connectivity index (χ3n) is 6.77. The second-order valence-corrected chi connectivity index (χ2v) is 9.09. The number of pyridine rings is 2. The van der Waals surface area contributed by atoms with Crippen LogP contribution in [0.2, 0.25) is 0 Å². The number of aromatic nitrogens is 4. The van der Waals surface area contributed by atoms with Gasteiger partial charge < -0.3 is 21.7 Å². The molecule has 5 N–H and O–H groups in total. The first-order valence-corrected chi connectivity index (χ1v) is 11.7. The summed E-state index contributed by atoms with van der Waals surface area (Å²) in [6.45, 7) is 3.03. The number of amides is 1. The smallest absolute Gasteiger partial charge is 0.241 e. The topological polar surface area (TPSA) is 123 Å². The first-order valence-electron chi connectivity index (χ1n) is 11.7. The summed E-state index contributed by atoms with van der Waals surface area (Å²) in [5, 5.41) is 14.8. The highest BCUT2D eigenvalue weighted by atomic mass is 19.1. The van der Waals surface area contributed by atoms with E-state index in [4.69, 9.17) is 5.73 Å². The zero-order valence-electron chi connectivity index (χ0n) is 19.5. The number of hydrogen-bond acceptors (Lipinski definition) is 7. The quantitative estimate of drug-likeness (QED) is 0.323. The second kappa shape index (κ2) is 8.43. The highest BCUT2D eigenvalue weighted by Gasteiger charge is 2.25. The van der Waals surface area contributed by atoms with Gasteiger partial charge in [0.2, 0.25) is 5.91 Å². The molecule has 0 fully saturated rings. The van der Waals surface area contributed by atoms with Crippen LogP contribution >= 0.6 is 0 Å². The Labute approximate surface area is 205 Å². The lowest BCUT2D eigenvalue weighted by Crippen LogP contribution is -2.25. The molecule has 11 heteroatoms. The van der Waals surface area contributed by atoms with Gasteiger partial charge in [0.1, 0.15) is 18.5 Å². The van der Waals surface area contributed by atoms with Crippen molar-refractivity contribution in [2.24, 2.45) is 0 Å². The number of fused-ring (bicyclic) bond motifs is 3. The molecule has 2 aliphatic rings. The summed E-state index contributed by atoms with van der Waals surface area (Å²) >= 11 is 0. The summed E-state index contributed by atoms with van der Waals surface area (Å²) in [6.07, 6.45) is 2.91. The van der Waals surface area contributed by atoms with Crippen molar-refractivity contribution in [1.82, 2.24) is 25.1 Å². The molecule has 184 valence electrons. The van der Waals surface area contributed by atoms with Crippen molar-refractivity contribution in [1.29, 1.82) is 0 Å². The Hall–Kier alpha value is -4.28. The molecular formula is C25H24F2N8O. The lowest BCUT2D eigenvalue weighted by atomic mass is 9.94. The summed E-state index contributed by atoms with van der Waals surface area (Å²) in [4.78, 5) is 20.5. The SMILES string of the molecule is Cc1c(-c2cc3cc(Nc4cc5n(n4)CC(=O)NCC5)ncc3c(N)c2F)cnc2c1NCCC2F. The van der Waals surface area contributed by atoms with E-state index in [2.05, 4.69) is 31.0 Å². The van der Waals surface area contributed by atoms with Gasteiger partial charge in [-0.15, -0.1) is 0 Å². The second-order valence-electron chi connectivity index (χ2n) is 9.09. The molecule has 0 saturated heterocycles. The third-order valence-corrected chi connectivity index (χ3v) is 6.77. The number of halogens is 2. The van der Waals surface area contributed by atoms with Crippen LogP contribution in [0.15, 0.2) is 30.6 Å². The monoisotopic (exact) mass is 490 g/mol. The molecule has 1 aromatic carbocycles. The average Bonchev–Trinajstić information content (AvgIpc) is 3.13. The maximum atomic E-state index is 15.4. The highest BCUT2D eigenvalue weighted by molar-refractivity contribution is 5.98. The van der Waals surface area contributed by atoms with Gasteiger partial charge >= 0.3 is 0 Å². The van der Waals surface area contributed by atoms with Crippen molar-refractivity contribution in [2.75, 3.05) is 29.5 Å². The van der Waals surface area contributed by atoms with E-state index in [-0.39, 0.29) is 23.7 Å². The first kappa shape index (κ1) is 22.2. The number of nitrogens with two attached hydrogens (primary N) is 1. The minimum Gasteiger partial charge on any atom is -0.396 e. The van der Waals surface area contributed by atoms with Gasteiger partial charge in [0, 0.05) is 66.6 Å². The molecule has 2 aliphatic heterocycles. The van der Waals surface area contributed by atoms with Crippen molar-refractivity contribution in [3.63, 3.8) is 0 Å². The van der Waals surface area contributed by atoms with Crippen LogP contribution in [0.25, 0.3) is 21.9 Å². The van der Waals surface area contributed by atoms with E-state index in [1.54, 1.807) is 16.8 Å². The Morgan fingerprint density at radius 1 is 1.11 bits per heavy atom. The van der Waals surface area contributed by atoms with Crippen LogP contribution in [-0.2, 0) is 17.8 Å². The van der Waals surface area contributed by atoms with Gasteiger partial charge in [-0.05, 0) is 30.0 Å². The van der Waals surface area contributed by atoms with Crippen molar-refractivity contribution in [3.05, 3.63) is 53.4 Å². The molecular weight excluding hydrogens is 466 g/mol. The summed E-state index contributed by atoms with van der Waals surface area (Å²) in [6, 6.07) is 5.35. The number of nitrogens with zero attached hydrogens (tertiary/aromatic N) is 4. The van der Waals surface area contributed by atoms with Crippen LogP contribution in [-0.4, -0.2) is 38.7 Å². The normalized spacial score (nSPS) is 17.1. The van der Waals surface area contributed by atoms with E-state index in [1.807, 2.05) is 13.0 Å². The maximum absolute atomic E-state index is 15.4. The lowest BCUT2D eigenvalue weighted by molar-refractivity contribution is -0.121. The molecule has 1 atom stereocenters. The van der Waals surface area contributed by atoms with Gasteiger partial charge in [-0.1, -0.05) is 0 Å². The van der Waals surface area contributed by atoms with Crippen LogP contribution in [0.1, 0.15) is 29.5 Å². The molecule has 36 heavy (non-hydrogen) atoms. The first-order chi connectivity index (χ1) is 17.4. The number of rotatable bonds is 3. The van der Waals surface area contributed by atoms with E-state index >= 15 is 4.39 Å². The predicted octanol–water partition coefficient (Wildman–Crippen LogP) is 3.77.